The topological polar surface area (TPSA) is 75.4 Å². The van der Waals surface area contributed by atoms with E-state index in [1.807, 2.05) is 6.92 Å². The van der Waals surface area contributed by atoms with Crippen molar-refractivity contribution in [1.29, 1.82) is 0 Å². The molecule has 0 aromatic heterocycles. The predicted molar refractivity (Wildman–Crippen MR) is 76.1 cm³/mol. The van der Waals surface area contributed by atoms with Gasteiger partial charge in [0.05, 0.1) is 5.69 Å². The smallest absolute Gasteiger partial charge is 0.245 e. The quantitative estimate of drug-likeness (QED) is 0.654. The largest absolute Gasteiger partial charge is 0.323 e. The summed E-state index contributed by atoms with van der Waals surface area (Å²) >= 11 is 0. The number of rotatable bonds is 4. The minimum atomic E-state index is -3.48. The number of benzene rings is 1. The molecule has 0 aliphatic carbocycles. The molecule has 5 nitrogen and oxygen atoms in total. The first kappa shape index (κ1) is 14.3. The lowest BCUT2D eigenvalue weighted by molar-refractivity contribution is 0.246. The molecule has 19 heavy (non-hydrogen) atoms. The van der Waals surface area contributed by atoms with E-state index in [-0.39, 0.29) is 10.9 Å². The van der Waals surface area contributed by atoms with E-state index in [0.29, 0.717) is 12.2 Å². The predicted octanol–water partition coefficient (Wildman–Crippen LogP) is 1.93. The van der Waals surface area contributed by atoms with Gasteiger partial charge in [-0.15, -0.1) is 0 Å². The van der Waals surface area contributed by atoms with Crippen molar-refractivity contribution in [2.24, 2.45) is 5.84 Å². The molecule has 0 saturated carbocycles. The van der Waals surface area contributed by atoms with Crippen LogP contribution in [-0.2, 0) is 10.0 Å². The van der Waals surface area contributed by atoms with Crippen LogP contribution in [-0.4, -0.2) is 25.3 Å². The molecule has 3 N–H and O–H groups in total. The zero-order valence-electron chi connectivity index (χ0n) is 11.2. The van der Waals surface area contributed by atoms with Crippen molar-refractivity contribution in [2.45, 2.75) is 43.5 Å². The van der Waals surface area contributed by atoms with Crippen molar-refractivity contribution in [1.82, 2.24) is 4.31 Å². The van der Waals surface area contributed by atoms with Crippen molar-refractivity contribution < 1.29 is 8.42 Å². The van der Waals surface area contributed by atoms with Crippen LogP contribution in [0.1, 0.15) is 32.6 Å². The highest BCUT2D eigenvalue weighted by molar-refractivity contribution is 7.89. The van der Waals surface area contributed by atoms with E-state index in [1.54, 1.807) is 28.6 Å². The molecule has 1 heterocycles. The van der Waals surface area contributed by atoms with Crippen LogP contribution < -0.4 is 11.3 Å². The number of nitrogens with one attached hydrogen (secondary N) is 1. The average Bonchev–Trinajstić information content (AvgIpc) is 2.47. The Labute approximate surface area is 114 Å². The SMILES string of the molecule is CCC1CCCCN1S(=O)(=O)c1ccccc1NN. The highest BCUT2D eigenvalue weighted by Crippen LogP contribution is 2.30. The Morgan fingerprint density at radius 1 is 1.37 bits per heavy atom. The lowest BCUT2D eigenvalue weighted by Gasteiger charge is -2.34. The number of piperidine rings is 1. The summed E-state index contributed by atoms with van der Waals surface area (Å²) in [5.74, 6) is 5.41. The van der Waals surface area contributed by atoms with Crippen molar-refractivity contribution in [3.8, 4) is 0 Å². The Morgan fingerprint density at radius 2 is 2.11 bits per heavy atom. The van der Waals surface area contributed by atoms with Crippen molar-refractivity contribution >= 4 is 15.7 Å². The monoisotopic (exact) mass is 283 g/mol. The summed E-state index contributed by atoms with van der Waals surface area (Å²) in [7, 11) is -3.48. The Kier molecular flexibility index (Phi) is 4.44. The van der Waals surface area contributed by atoms with Crippen LogP contribution in [0, 0.1) is 0 Å². The average molecular weight is 283 g/mol. The van der Waals surface area contributed by atoms with Gasteiger partial charge in [0.25, 0.3) is 0 Å². The maximum absolute atomic E-state index is 12.8. The van der Waals surface area contributed by atoms with Crippen molar-refractivity contribution in [2.75, 3.05) is 12.0 Å². The van der Waals surface area contributed by atoms with E-state index >= 15 is 0 Å². The van der Waals surface area contributed by atoms with Crippen LogP contribution in [0.3, 0.4) is 0 Å². The molecule has 106 valence electrons. The molecule has 1 aromatic rings. The lowest BCUT2D eigenvalue weighted by Crippen LogP contribution is -2.43. The molecule has 2 rings (SSSR count). The van der Waals surface area contributed by atoms with Crippen LogP contribution in [0.15, 0.2) is 29.2 Å². The van der Waals surface area contributed by atoms with E-state index in [4.69, 9.17) is 5.84 Å². The van der Waals surface area contributed by atoms with Gasteiger partial charge in [0.2, 0.25) is 10.0 Å². The molecule has 0 spiro atoms. The molecular formula is C13H21N3O2S. The van der Waals surface area contributed by atoms with E-state index in [9.17, 15) is 8.42 Å². The first-order chi connectivity index (χ1) is 9.11. The minimum absolute atomic E-state index is 0.101. The molecule has 0 amide bonds. The third kappa shape index (κ3) is 2.75. The fourth-order valence-corrected chi connectivity index (χ4v) is 4.56. The number of hydrogen-bond acceptors (Lipinski definition) is 4. The summed E-state index contributed by atoms with van der Waals surface area (Å²) in [5.41, 5.74) is 2.91. The van der Waals surface area contributed by atoms with Gasteiger partial charge in [0, 0.05) is 12.6 Å². The molecule has 0 bridgehead atoms. The first-order valence-corrected chi connectivity index (χ1v) is 8.12. The maximum Gasteiger partial charge on any atom is 0.245 e. The normalized spacial score (nSPS) is 21.3. The van der Waals surface area contributed by atoms with Crippen LogP contribution in [0.2, 0.25) is 0 Å². The van der Waals surface area contributed by atoms with Gasteiger partial charge in [-0.05, 0) is 31.4 Å². The summed E-state index contributed by atoms with van der Waals surface area (Å²) in [6, 6.07) is 6.87. The van der Waals surface area contributed by atoms with E-state index < -0.39 is 10.0 Å². The van der Waals surface area contributed by atoms with E-state index in [2.05, 4.69) is 5.43 Å². The molecule has 1 aliphatic heterocycles. The second-order valence-corrected chi connectivity index (χ2v) is 6.67. The number of nitrogen functional groups attached to an aromatic ring is 1. The Balaban J connectivity index is 2.40. The Hall–Kier alpha value is -1.11. The molecule has 0 radical (unpaired) electrons. The molecule has 6 heteroatoms. The maximum atomic E-state index is 12.8. The number of sulfonamides is 1. The third-order valence-electron chi connectivity index (χ3n) is 3.67. The second kappa shape index (κ2) is 5.90. The molecule has 1 aromatic carbocycles. The van der Waals surface area contributed by atoms with Crippen LogP contribution in [0.25, 0.3) is 0 Å². The number of nitrogens with two attached hydrogens (primary N) is 1. The molecule has 1 atom stereocenters. The zero-order chi connectivity index (χ0) is 13.9. The van der Waals surface area contributed by atoms with Crippen molar-refractivity contribution in [3.63, 3.8) is 0 Å². The zero-order valence-corrected chi connectivity index (χ0v) is 12.0. The molecule has 1 aliphatic rings. The highest BCUT2D eigenvalue weighted by atomic mass is 32.2. The molecular weight excluding hydrogens is 262 g/mol. The number of nitrogens with zero attached hydrogens (tertiary/aromatic N) is 1. The van der Waals surface area contributed by atoms with Gasteiger partial charge in [-0.25, -0.2) is 8.42 Å². The third-order valence-corrected chi connectivity index (χ3v) is 5.68. The van der Waals surface area contributed by atoms with Crippen molar-refractivity contribution in [3.05, 3.63) is 24.3 Å². The lowest BCUT2D eigenvalue weighted by atomic mass is 10.0. The summed E-state index contributed by atoms with van der Waals surface area (Å²) in [6.07, 6.45) is 3.81. The van der Waals surface area contributed by atoms with Gasteiger partial charge >= 0.3 is 0 Å². The van der Waals surface area contributed by atoms with Gasteiger partial charge in [-0.2, -0.15) is 4.31 Å². The van der Waals surface area contributed by atoms with Gasteiger partial charge in [-0.1, -0.05) is 25.5 Å². The Morgan fingerprint density at radius 3 is 2.79 bits per heavy atom. The first-order valence-electron chi connectivity index (χ1n) is 6.68. The van der Waals surface area contributed by atoms with Crippen LogP contribution in [0.5, 0.6) is 0 Å². The summed E-state index contributed by atoms with van der Waals surface area (Å²) < 4.78 is 27.2. The minimum Gasteiger partial charge on any atom is -0.323 e. The molecule has 1 saturated heterocycles. The van der Waals surface area contributed by atoms with Gasteiger partial charge in [-0.3, -0.25) is 5.84 Å². The fraction of sp³-hybridized carbons (Fsp3) is 0.538. The van der Waals surface area contributed by atoms with E-state index in [1.165, 1.54) is 0 Å². The second-order valence-electron chi connectivity index (χ2n) is 4.81. The summed E-state index contributed by atoms with van der Waals surface area (Å²) in [4.78, 5) is 0.262. The standard InChI is InChI=1S/C13H21N3O2S/c1-2-11-7-5-6-10-16(11)19(17,18)13-9-4-3-8-12(13)15-14/h3-4,8-9,11,15H,2,5-7,10,14H2,1H3. The fourth-order valence-electron chi connectivity index (χ4n) is 2.64. The summed E-state index contributed by atoms with van der Waals surface area (Å²) in [5, 5.41) is 0. The van der Waals surface area contributed by atoms with Gasteiger partial charge in [0.1, 0.15) is 4.90 Å². The van der Waals surface area contributed by atoms with Crippen LogP contribution in [0.4, 0.5) is 5.69 Å². The molecule has 1 fully saturated rings. The molecule has 1 unspecified atom stereocenters. The number of hydrogen-bond donors (Lipinski definition) is 2. The van der Waals surface area contributed by atoms with Gasteiger partial charge in [0.15, 0.2) is 0 Å². The number of anilines is 1. The summed E-state index contributed by atoms with van der Waals surface area (Å²) in [6.45, 7) is 2.63. The highest BCUT2D eigenvalue weighted by Gasteiger charge is 2.33. The number of hydrazine groups is 1. The van der Waals surface area contributed by atoms with Gasteiger partial charge < -0.3 is 5.43 Å². The van der Waals surface area contributed by atoms with E-state index in [0.717, 1.165) is 25.7 Å². The number of para-hydroxylation sites is 1. The Bertz CT molecular complexity index is 530. The van der Waals surface area contributed by atoms with Crippen LogP contribution >= 0.6 is 0 Å².